The third-order valence-electron chi connectivity index (χ3n) is 7.75. The van der Waals surface area contributed by atoms with Crippen LogP contribution in [0.5, 0.6) is 0 Å². The molecule has 1 unspecified atom stereocenters. The molecule has 4 nitrogen and oxygen atoms in total. The largest absolute Gasteiger partial charge is 0.335 e. The maximum atomic E-state index is 5.29. The molecule has 1 aliphatic heterocycles. The van der Waals surface area contributed by atoms with Crippen LogP contribution in [-0.4, -0.2) is 20.8 Å². The van der Waals surface area contributed by atoms with E-state index in [4.69, 9.17) is 8.37 Å². The highest BCUT2D eigenvalue weighted by atomic mass is 32.2. The monoisotopic (exact) mass is 607 g/mol. The zero-order valence-electron chi connectivity index (χ0n) is 23.4. The normalized spacial score (nSPS) is 20.7. The SMILES string of the molecule is CCN1/C(=C/C2=CC3=C/C(=C/c4sc5ccc(SOC)cc5[n+]4CC)CCC3CC2)Sc2ccc(SOC)cc21. The van der Waals surface area contributed by atoms with E-state index in [1.54, 1.807) is 14.2 Å². The molecule has 1 aromatic heterocycles. The summed E-state index contributed by atoms with van der Waals surface area (Å²) in [6.45, 7) is 6.38. The minimum atomic E-state index is 0.679. The fourth-order valence-corrected chi connectivity index (χ4v) is 9.20. The number of thiazole rings is 1. The second-order valence-electron chi connectivity index (χ2n) is 10.1. The minimum Gasteiger partial charge on any atom is -0.335 e. The highest BCUT2D eigenvalue weighted by Crippen LogP contribution is 2.48. The maximum absolute atomic E-state index is 5.29. The molecule has 2 aromatic carbocycles. The van der Waals surface area contributed by atoms with Crippen molar-refractivity contribution in [3.63, 3.8) is 0 Å². The first-order valence-corrected chi connectivity index (χ1v) is 17.0. The van der Waals surface area contributed by atoms with E-state index in [1.165, 1.54) is 84.5 Å². The summed E-state index contributed by atoms with van der Waals surface area (Å²) in [5.41, 5.74) is 6.96. The Labute approximate surface area is 254 Å². The molecule has 3 aliphatic rings. The third kappa shape index (κ3) is 5.72. The summed E-state index contributed by atoms with van der Waals surface area (Å²) in [5.74, 6) is 0.679. The number of hydrogen-bond acceptors (Lipinski definition) is 7. The zero-order chi connectivity index (χ0) is 27.6. The number of aryl methyl sites for hydroxylation is 1. The van der Waals surface area contributed by atoms with Crippen molar-refractivity contribution >= 4 is 69.2 Å². The highest BCUT2D eigenvalue weighted by Gasteiger charge is 2.27. The van der Waals surface area contributed by atoms with Crippen LogP contribution in [0, 0.1) is 5.92 Å². The van der Waals surface area contributed by atoms with Crippen molar-refractivity contribution in [1.82, 2.24) is 0 Å². The van der Waals surface area contributed by atoms with Gasteiger partial charge in [0.15, 0.2) is 0 Å². The molecule has 0 saturated heterocycles. The van der Waals surface area contributed by atoms with Crippen molar-refractivity contribution < 1.29 is 12.9 Å². The van der Waals surface area contributed by atoms with Gasteiger partial charge < -0.3 is 13.3 Å². The van der Waals surface area contributed by atoms with Crippen LogP contribution in [0.4, 0.5) is 5.69 Å². The van der Waals surface area contributed by atoms with Crippen molar-refractivity contribution in [3.05, 3.63) is 81.4 Å². The Bertz CT molecular complexity index is 1550. The van der Waals surface area contributed by atoms with E-state index in [0.717, 1.165) is 35.7 Å². The van der Waals surface area contributed by atoms with Crippen molar-refractivity contribution in [1.29, 1.82) is 0 Å². The van der Waals surface area contributed by atoms with E-state index in [1.807, 2.05) is 23.1 Å². The number of benzene rings is 2. The Morgan fingerprint density at radius 3 is 2.52 bits per heavy atom. The Balaban J connectivity index is 1.28. The van der Waals surface area contributed by atoms with Crippen LogP contribution in [0.15, 0.2) is 91.1 Å². The Kier molecular flexibility index (Phi) is 8.82. The summed E-state index contributed by atoms with van der Waals surface area (Å²) in [5, 5.41) is 2.66. The molecule has 0 radical (unpaired) electrons. The lowest BCUT2D eigenvalue weighted by Gasteiger charge is -2.28. The smallest absolute Gasteiger partial charge is 0.263 e. The van der Waals surface area contributed by atoms with Gasteiger partial charge in [-0.2, -0.15) is 4.57 Å². The van der Waals surface area contributed by atoms with Gasteiger partial charge in [0.1, 0.15) is 11.2 Å². The first-order chi connectivity index (χ1) is 19.6. The van der Waals surface area contributed by atoms with Gasteiger partial charge in [0, 0.05) is 57.5 Å². The van der Waals surface area contributed by atoms with Gasteiger partial charge in [-0.1, -0.05) is 35.3 Å². The molecule has 0 N–H and O–H groups in total. The standard InChI is InChI=1S/C32H35N2O2S4/c1-5-33-27-19-25(39-35-3)11-13-29(27)37-31(33)17-21-7-9-23-10-8-22(16-24(23)15-21)18-32-34(6-2)28-20-26(40-36-4)12-14-30(28)38-32/h11-20,23H,5-10H2,1-4H3/q+1. The van der Waals surface area contributed by atoms with Crippen LogP contribution in [0.25, 0.3) is 16.3 Å². The van der Waals surface area contributed by atoms with Crippen LogP contribution in [0.1, 0.15) is 44.5 Å². The average Bonchev–Trinajstić information content (AvgIpc) is 3.49. The lowest BCUT2D eigenvalue weighted by Crippen LogP contribution is -2.33. The fraction of sp³-hybridized carbons (Fsp3) is 0.344. The molecule has 0 fully saturated rings. The van der Waals surface area contributed by atoms with Crippen LogP contribution in [0.3, 0.4) is 0 Å². The van der Waals surface area contributed by atoms with Gasteiger partial charge in [0.2, 0.25) is 5.52 Å². The zero-order valence-corrected chi connectivity index (χ0v) is 26.7. The van der Waals surface area contributed by atoms with Crippen molar-refractivity contribution in [2.75, 3.05) is 25.7 Å². The Morgan fingerprint density at radius 2 is 1.75 bits per heavy atom. The van der Waals surface area contributed by atoms with Gasteiger partial charge in [-0.05, 0) is 98.6 Å². The van der Waals surface area contributed by atoms with E-state index in [0.29, 0.717) is 5.92 Å². The topological polar surface area (TPSA) is 25.6 Å². The number of thioether (sulfide) groups is 1. The highest BCUT2D eigenvalue weighted by molar-refractivity contribution is 8.03. The van der Waals surface area contributed by atoms with Crippen LogP contribution in [0.2, 0.25) is 0 Å². The van der Waals surface area contributed by atoms with Gasteiger partial charge in [-0.15, -0.1) is 0 Å². The Hall–Kier alpha value is -1.94. The van der Waals surface area contributed by atoms with Gasteiger partial charge in [0.05, 0.1) is 24.9 Å². The van der Waals surface area contributed by atoms with Gasteiger partial charge in [-0.3, -0.25) is 0 Å². The molecule has 8 heteroatoms. The Morgan fingerprint density at radius 1 is 0.975 bits per heavy atom. The second kappa shape index (κ2) is 12.5. The van der Waals surface area contributed by atoms with E-state index in [9.17, 15) is 0 Å². The number of fused-ring (bicyclic) bond motifs is 3. The molecule has 0 spiro atoms. The molecule has 2 aliphatic carbocycles. The number of anilines is 1. The molecule has 6 rings (SSSR count). The summed E-state index contributed by atoms with van der Waals surface area (Å²) in [7, 11) is 3.45. The summed E-state index contributed by atoms with van der Waals surface area (Å²) in [6.07, 6.45) is 14.6. The summed E-state index contributed by atoms with van der Waals surface area (Å²) < 4.78 is 14.4. The molecule has 0 saturated carbocycles. The molecule has 3 aromatic rings. The average molecular weight is 608 g/mol. The third-order valence-corrected chi connectivity index (χ3v) is 11.2. The first-order valence-electron chi connectivity index (χ1n) is 13.9. The lowest BCUT2D eigenvalue weighted by molar-refractivity contribution is -0.665. The fourth-order valence-electron chi connectivity index (χ4n) is 5.88. The number of allylic oxidation sites excluding steroid dienone is 6. The summed E-state index contributed by atoms with van der Waals surface area (Å²) in [6, 6.07) is 13.3. The summed E-state index contributed by atoms with van der Waals surface area (Å²) in [4.78, 5) is 6.05. The molecular weight excluding hydrogens is 573 g/mol. The lowest BCUT2D eigenvalue weighted by atomic mass is 9.77. The second-order valence-corrected chi connectivity index (χ2v) is 14.2. The maximum Gasteiger partial charge on any atom is 0.263 e. The predicted molar refractivity (Wildman–Crippen MR) is 173 cm³/mol. The van der Waals surface area contributed by atoms with E-state index in [2.05, 4.69) is 84.0 Å². The van der Waals surface area contributed by atoms with Crippen molar-refractivity contribution in [3.8, 4) is 0 Å². The number of hydrogen-bond donors (Lipinski definition) is 0. The molecule has 2 heterocycles. The van der Waals surface area contributed by atoms with Crippen LogP contribution in [-0.2, 0) is 14.9 Å². The quantitative estimate of drug-likeness (QED) is 0.187. The first kappa shape index (κ1) is 28.2. The molecule has 0 bridgehead atoms. The molecule has 1 atom stereocenters. The summed E-state index contributed by atoms with van der Waals surface area (Å²) >= 11 is 6.62. The molecule has 208 valence electrons. The predicted octanol–water partition coefficient (Wildman–Crippen LogP) is 9.43. The van der Waals surface area contributed by atoms with E-state index >= 15 is 0 Å². The van der Waals surface area contributed by atoms with E-state index in [-0.39, 0.29) is 0 Å². The van der Waals surface area contributed by atoms with Crippen LogP contribution < -0.4 is 9.47 Å². The van der Waals surface area contributed by atoms with Gasteiger partial charge >= 0.3 is 0 Å². The molecular formula is C32H35N2O2S4+. The van der Waals surface area contributed by atoms with Crippen LogP contribution >= 0.6 is 47.2 Å². The molecule has 40 heavy (non-hydrogen) atoms. The van der Waals surface area contributed by atoms with Gasteiger partial charge in [0.25, 0.3) is 5.01 Å². The number of aromatic nitrogens is 1. The van der Waals surface area contributed by atoms with Crippen molar-refractivity contribution in [2.45, 2.75) is 60.8 Å². The van der Waals surface area contributed by atoms with Crippen molar-refractivity contribution in [2.24, 2.45) is 5.92 Å². The molecule has 0 amide bonds. The van der Waals surface area contributed by atoms with Gasteiger partial charge in [-0.25, -0.2) is 0 Å². The number of nitrogens with zero attached hydrogens (tertiary/aromatic N) is 2. The number of rotatable bonds is 8. The minimum absolute atomic E-state index is 0.679. The van der Waals surface area contributed by atoms with E-state index < -0.39 is 0 Å².